The van der Waals surface area contributed by atoms with Crippen molar-refractivity contribution in [3.8, 4) is 0 Å². The summed E-state index contributed by atoms with van der Waals surface area (Å²) >= 11 is 1.59. The van der Waals surface area contributed by atoms with Crippen LogP contribution in [0.3, 0.4) is 0 Å². The summed E-state index contributed by atoms with van der Waals surface area (Å²) in [7, 11) is 0. The van der Waals surface area contributed by atoms with Crippen LogP contribution in [0.5, 0.6) is 0 Å². The summed E-state index contributed by atoms with van der Waals surface area (Å²) in [5.74, 6) is 0. The molecule has 3 aromatic rings. The molecule has 1 fully saturated rings. The first-order valence-electron chi connectivity index (χ1n) is 9.46. The highest BCUT2D eigenvalue weighted by molar-refractivity contribution is 7.20. The van der Waals surface area contributed by atoms with Gasteiger partial charge in [0.25, 0.3) is 0 Å². The minimum atomic E-state index is 0.0436. The van der Waals surface area contributed by atoms with E-state index in [2.05, 4.69) is 60.4 Å². The molecule has 1 aliphatic heterocycles. The van der Waals surface area contributed by atoms with Gasteiger partial charge in [-0.2, -0.15) is 0 Å². The number of morpholine rings is 1. The minimum absolute atomic E-state index is 0.0436. The summed E-state index contributed by atoms with van der Waals surface area (Å²) in [6, 6.07) is 8.77. The first kappa shape index (κ1) is 18.4. The summed E-state index contributed by atoms with van der Waals surface area (Å²) in [4.78, 5) is 8.08. The van der Waals surface area contributed by atoms with Gasteiger partial charge in [0.15, 0.2) is 0 Å². The van der Waals surface area contributed by atoms with Crippen LogP contribution in [0.2, 0.25) is 0 Å². The van der Waals surface area contributed by atoms with Crippen molar-refractivity contribution >= 4 is 21.4 Å². The van der Waals surface area contributed by atoms with E-state index in [0.717, 1.165) is 55.2 Å². The lowest BCUT2D eigenvalue weighted by molar-refractivity contribution is 0.0342. The van der Waals surface area contributed by atoms with Crippen LogP contribution in [0.25, 0.3) is 4.96 Å². The Morgan fingerprint density at radius 1 is 1.19 bits per heavy atom. The van der Waals surface area contributed by atoms with E-state index >= 15 is 0 Å². The lowest BCUT2D eigenvalue weighted by Crippen LogP contribution is -2.35. The Kier molecular flexibility index (Phi) is 5.16. The molecule has 6 nitrogen and oxygen atoms in total. The third-order valence-electron chi connectivity index (χ3n) is 4.76. The zero-order valence-corrected chi connectivity index (χ0v) is 17.1. The molecule has 7 heteroatoms. The number of rotatable bonds is 5. The van der Waals surface area contributed by atoms with Crippen molar-refractivity contribution in [1.82, 2.24) is 19.5 Å². The maximum Gasteiger partial charge on any atom is 0.214 e. The van der Waals surface area contributed by atoms with Crippen LogP contribution < -0.4 is 5.32 Å². The molecule has 0 bridgehead atoms. The number of hydrogen-bond donors (Lipinski definition) is 1. The van der Waals surface area contributed by atoms with Gasteiger partial charge in [0.2, 0.25) is 10.1 Å². The Bertz CT molecular complexity index is 873. The molecule has 0 amide bonds. The molecule has 3 heterocycles. The van der Waals surface area contributed by atoms with Crippen LogP contribution in [-0.2, 0) is 23.2 Å². The van der Waals surface area contributed by atoms with Crippen molar-refractivity contribution in [3.05, 3.63) is 47.3 Å². The predicted octanol–water partition coefficient (Wildman–Crippen LogP) is 3.53. The second-order valence-corrected chi connectivity index (χ2v) is 9.03. The Morgan fingerprint density at radius 2 is 1.96 bits per heavy atom. The van der Waals surface area contributed by atoms with Crippen molar-refractivity contribution in [2.24, 2.45) is 0 Å². The molecular weight excluding hydrogens is 358 g/mol. The Balaban J connectivity index is 1.38. The quantitative estimate of drug-likeness (QED) is 0.728. The summed E-state index contributed by atoms with van der Waals surface area (Å²) in [5.41, 5.74) is 3.73. The SMILES string of the molecule is CC(C)(C)c1cn2nc(NCc3cccc(CN4CCOCC4)c3)sc2n1. The number of ether oxygens (including phenoxy) is 1. The number of imidazole rings is 1. The van der Waals surface area contributed by atoms with Crippen molar-refractivity contribution < 1.29 is 4.74 Å². The normalized spacial score (nSPS) is 16.1. The van der Waals surface area contributed by atoms with E-state index < -0.39 is 0 Å². The van der Waals surface area contributed by atoms with Gasteiger partial charge in [-0.3, -0.25) is 4.90 Å². The zero-order chi connectivity index (χ0) is 18.9. The molecule has 144 valence electrons. The molecule has 0 radical (unpaired) electrons. The van der Waals surface area contributed by atoms with E-state index in [0.29, 0.717) is 0 Å². The maximum atomic E-state index is 5.43. The van der Waals surface area contributed by atoms with Crippen LogP contribution in [0.1, 0.15) is 37.6 Å². The molecule has 0 saturated carbocycles. The fourth-order valence-electron chi connectivity index (χ4n) is 3.17. The smallest absolute Gasteiger partial charge is 0.214 e. The minimum Gasteiger partial charge on any atom is -0.379 e. The van der Waals surface area contributed by atoms with E-state index in [1.807, 2.05) is 10.7 Å². The number of hydrogen-bond acceptors (Lipinski definition) is 6. The topological polar surface area (TPSA) is 54.7 Å². The molecule has 1 N–H and O–H groups in total. The van der Waals surface area contributed by atoms with Gasteiger partial charge < -0.3 is 10.1 Å². The van der Waals surface area contributed by atoms with Crippen LogP contribution in [0.15, 0.2) is 30.5 Å². The third-order valence-corrected chi connectivity index (χ3v) is 5.64. The van der Waals surface area contributed by atoms with Gasteiger partial charge in [-0.05, 0) is 11.1 Å². The van der Waals surface area contributed by atoms with Crippen LogP contribution in [0.4, 0.5) is 5.13 Å². The first-order chi connectivity index (χ1) is 13.0. The predicted molar refractivity (Wildman–Crippen MR) is 109 cm³/mol. The summed E-state index contributed by atoms with van der Waals surface area (Å²) in [6.45, 7) is 12.0. The number of fused-ring (bicyclic) bond motifs is 1. The molecule has 0 unspecified atom stereocenters. The highest BCUT2D eigenvalue weighted by Gasteiger charge is 2.19. The molecule has 27 heavy (non-hydrogen) atoms. The van der Waals surface area contributed by atoms with E-state index in [-0.39, 0.29) is 5.41 Å². The average Bonchev–Trinajstić information content (AvgIpc) is 3.20. The van der Waals surface area contributed by atoms with Crippen LogP contribution in [-0.4, -0.2) is 45.8 Å². The molecule has 1 saturated heterocycles. The Labute approximate surface area is 164 Å². The summed E-state index contributed by atoms with van der Waals surface area (Å²) < 4.78 is 7.31. The fraction of sp³-hybridized carbons (Fsp3) is 0.500. The molecule has 2 aromatic heterocycles. The van der Waals surface area contributed by atoms with Crippen molar-refractivity contribution in [2.75, 3.05) is 31.6 Å². The number of nitrogens with zero attached hydrogens (tertiary/aromatic N) is 4. The number of nitrogens with one attached hydrogen (secondary N) is 1. The maximum absolute atomic E-state index is 5.43. The van der Waals surface area contributed by atoms with Crippen molar-refractivity contribution in [3.63, 3.8) is 0 Å². The second-order valence-electron chi connectivity index (χ2n) is 8.07. The van der Waals surface area contributed by atoms with Gasteiger partial charge >= 0.3 is 0 Å². The zero-order valence-electron chi connectivity index (χ0n) is 16.2. The van der Waals surface area contributed by atoms with Gasteiger partial charge in [0.05, 0.1) is 25.1 Å². The molecule has 1 aromatic carbocycles. The standard InChI is InChI=1S/C20H27N5OS/c1-20(2,3)17-14-25-19(22-17)27-18(23-25)21-12-15-5-4-6-16(11-15)13-24-7-9-26-10-8-24/h4-6,11,14H,7-10,12-13H2,1-3H3,(H,21,23). The highest BCUT2D eigenvalue weighted by Crippen LogP contribution is 2.26. The molecule has 1 aliphatic rings. The Hall–Kier alpha value is -1.96. The molecule has 0 spiro atoms. The third kappa shape index (κ3) is 4.48. The first-order valence-corrected chi connectivity index (χ1v) is 10.3. The number of benzene rings is 1. The van der Waals surface area contributed by atoms with Gasteiger partial charge in [0.1, 0.15) is 0 Å². The van der Waals surface area contributed by atoms with Gasteiger partial charge in [0, 0.05) is 31.6 Å². The monoisotopic (exact) mass is 385 g/mol. The largest absolute Gasteiger partial charge is 0.379 e. The van der Waals surface area contributed by atoms with E-state index in [9.17, 15) is 0 Å². The number of anilines is 1. The highest BCUT2D eigenvalue weighted by atomic mass is 32.1. The summed E-state index contributed by atoms with van der Waals surface area (Å²) in [6.07, 6.45) is 2.03. The van der Waals surface area contributed by atoms with E-state index in [1.165, 1.54) is 11.1 Å². The molecular formula is C20H27N5OS. The summed E-state index contributed by atoms with van der Waals surface area (Å²) in [5, 5.41) is 8.96. The lowest BCUT2D eigenvalue weighted by Gasteiger charge is -2.26. The molecule has 4 rings (SSSR count). The van der Waals surface area contributed by atoms with Crippen molar-refractivity contribution in [2.45, 2.75) is 39.3 Å². The lowest BCUT2D eigenvalue weighted by atomic mass is 9.93. The average molecular weight is 386 g/mol. The fourth-order valence-corrected chi connectivity index (χ4v) is 3.94. The molecule has 0 atom stereocenters. The van der Waals surface area contributed by atoms with Gasteiger partial charge in [-0.25, -0.2) is 9.50 Å². The Morgan fingerprint density at radius 3 is 2.70 bits per heavy atom. The van der Waals surface area contributed by atoms with Gasteiger partial charge in [-0.1, -0.05) is 56.4 Å². The molecule has 0 aliphatic carbocycles. The van der Waals surface area contributed by atoms with Crippen LogP contribution >= 0.6 is 11.3 Å². The number of aromatic nitrogens is 3. The van der Waals surface area contributed by atoms with Crippen LogP contribution in [0, 0.1) is 0 Å². The van der Waals surface area contributed by atoms with Crippen molar-refractivity contribution in [1.29, 1.82) is 0 Å². The van der Waals surface area contributed by atoms with Gasteiger partial charge in [-0.15, -0.1) is 5.10 Å². The van der Waals surface area contributed by atoms with E-state index in [4.69, 9.17) is 9.72 Å². The van der Waals surface area contributed by atoms with E-state index in [1.54, 1.807) is 11.3 Å². The second kappa shape index (κ2) is 7.58.